The molecule has 4 nitrogen and oxygen atoms in total. The number of hydrogen-bond donors (Lipinski definition) is 1. The molecule has 0 fully saturated rings. The van der Waals surface area contributed by atoms with Gasteiger partial charge in [0, 0.05) is 11.3 Å². The fourth-order valence-electron chi connectivity index (χ4n) is 1.19. The second-order valence-electron chi connectivity index (χ2n) is 3.64. The molecule has 1 amide bonds. The van der Waals surface area contributed by atoms with Crippen LogP contribution in [0.4, 0.5) is 5.69 Å². The Morgan fingerprint density at radius 1 is 1.50 bits per heavy atom. The minimum atomic E-state index is -0.0627. The maximum absolute atomic E-state index is 11.6. The van der Waals surface area contributed by atoms with Crippen molar-refractivity contribution >= 4 is 44.7 Å². The number of halogens is 1. The highest BCUT2D eigenvalue weighted by Gasteiger charge is 2.13. The van der Waals surface area contributed by atoms with Gasteiger partial charge in [-0.25, -0.2) is 9.97 Å². The number of carbonyl (C=O) groups is 1. The van der Waals surface area contributed by atoms with Crippen molar-refractivity contribution in [3.8, 4) is 0 Å². The van der Waals surface area contributed by atoms with E-state index in [-0.39, 0.29) is 11.8 Å². The second-order valence-corrected chi connectivity index (χ2v) is 4.87. The largest absolute Gasteiger partial charge is 0.323 e. The quantitative estimate of drug-likeness (QED) is 0.840. The zero-order chi connectivity index (χ0) is 11.7. The third-order valence-electron chi connectivity index (χ3n) is 2.09. The highest BCUT2D eigenvalue weighted by atomic mass is 35.5. The van der Waals surface area contributed by atoms with Crippen LogP contribution in [0.3, 0.4) is 0 Å². The molecule has 0 spiro atoms. The summed E-state index contributed by atoms with van der Waals surface area (Å²) in [6.07, 6.45) is 1.39. The van der Waals surface area contributed by atoms with Gasteiger partial charge in [0.05, 0.1) is 10.4 Å². The molecule has 0 bridgehead atoms. The average Bonchev–Trinajstić information content (AvgIpc) is 2.63. The summed E-state index contributed by atoms with van der Waals surface area (Å²) >= 11 is 7.34. The Bertz CT molecular complexity index is 538. The smallest absolute Gasteiger partial charge is 0.227 e. The topological polar surface area (TPSA) is 54.9 Å². The second kappa shape index (κ2) is 4.35. The van der Waals surface area contributed by atoms with E-state index in [9.17, 15) is 4.79 Å². The monoisotopic (exact) mass is 255 g/mol. The molecule has 2 aromatic rings. The zero-order valence-corrected chi connectivity index (χ0v) is 10.4. The number of nitrogens with zero attached hydrogens (tertiary/aromatic N) is 2. The molecule has 0 aliphatic rings. The number of aromatic nitrogens is 2. The number of thiophene rings is 1. The molecule has 16 heavy (non-hydrogen) atoms. The number of anilines is 1. The van der Waals surface area contributed by atoms with E-state index in [1.165, 1.54) is 17.7 Å². The van der Waals surface area contributed by atoms with Crippen LogP contribution in [0.1, 0.15) is 13.8 Å². The van der Waals surface area contributed by atoms with Crippen molar-refractivity contribution < 1.29 is 4.79 Å². The van der Waals surface area contributed by atoms with Crippen LogP contribution in [0.25, 0.3) is 10.2 Å². The fraction of sp³-hybridized carbons (Fsp3) is 0.300. The van der Waals surface area contributed by atoms with Crippen molar-refractivity contribution in [1.29, 1.82) is 0 Å². The maximum atomic E-state index is 11.6. The van der Waals surface area contributed by atoms with Crippen LogP contribution in [-0.4, -0.2) is 15.9 Å². The number of nitrogens with one attached hydrogen (secondary N) is 1. The van der Waals surface area contributed by atoms with Crippen molar-refractivity contribution in [2.75, 3.05) is 5.32 Å². The third kappa shape index (κ3) is 2.01. The van der Waals surface area contributed by atoms with Crippen molar-refractivity contribution in [2.24, 2.45) is 5.92 Å². The summed E-state index contributed by atoms with van der Waals surface area (Å²) in [7, 11) is 0. The van der Waals surface area contributed by atoms with Gasteiger partial charge in [0.25, 0.3) is 0 Å². The van der Waals surface area contributed by atoms with Crippen LogP contribution in [0.5, 0.6) is 0 Å². The van der Waals surface area contributed by atoms with E-state index >= 15 is 0 Å². The predicted molar refractivity (Wildman–Crippen MR) is 65.9 cm³/mol. The predicted octanol–water partition coefficient (Wildman–Crippen LogP) is 2.94. The van der Waals surface area contributed by atoms with Crippen molar-refractivity contribution in [2.45, 2.75) is 13.8 Å². The molecule has 0 atom stereocenters. The Hall–Kier alpha value is -1.20. The van der Waals surface area contributed by atoms with E-state index in [1.54, 1.807) is 0 Å². The lowest BCUT2D eigenvalue weighted by molar-refractivity contribution is -0.118. The first kappa shape index (κ1) is 11.3. The Kier molecular flexibility index (Phi) is 3.07. The summed E-state index contributed by atoms with van der Waals surface area (Å²) in [6, 6.07) is 0. The fourth-order valence-corrected chi connectivity index (χ4v) is 2.29. The number of fused-ring (bicyclic) bond motifs is 1. The summed E-state index contributed by atoms with van der Waals surface area (Å²) < 4.78 is 0.795. The highest BCUT2D eigenvalue weighted by molar-refractivity contribution is 7.18. The van der Waals surface area contributed by atoms with Crippen LogP contribution in [0.2, 0.25) is 5.15 Å². The lowest BCUT2D eigenvalue weighted by atomic mass is 10.2. The van der Waals surface area contributed by atoms with Gasteiger partial charge in [-0.15, -0.1) is 11.3 Å². The molecule has 0 radical (unpaired) electrons. The van der Waals surface area contributed by atoms with Gasteiger partial charge in [0.1, 0.15) is 17.0 Å². The van der Waals surface area contributed by atoms with Crippen molar-refractivity contribution in [1.82, 2.24) is 9.97 Å². The summed E-state index contributed by atoms with van der Waals surface area (Å²) in [5.41, 5.74) is 1.39. The van der Waals surface area contributed by atoms with Crippen LogP contribution in [0, 0.1) is 5.92 Å². The molecule has 0 saturated heterocycles. The molecular weight excluding hydrogens is 246 g/mol. The molecule has 0 aliphatic heterocycles. The minimum Gasteiger partial charge on any atom is -0.323 e. The Morgan fingerprint density at radius 3 is 2.94 bits per heavy atom. The number of carbonyl (C=O) groups excluding carboxylic acids is 1. The molecule has 2 heterocycles. The summed E-state index contributed by atoms with van der Waals surface area (Å²) in [4.78, 5) is 19.6. The van der Waals surface area contributed by atoms with Crippen LogP contribution in [-0.2, 0) is 4.79 Å². The van der Waals surface area contributed by atoms with E-state index in [0.717, 1.165) is 4.70 Å². The molecule has 0 saturated carbocycles. The standard InChI is InChI=1S/C10H10ClN3OS/c1-5(2)10(15)14-6-3-16-8-7(6)12-4-13-9(8)11/h3-5H,1-2H3,(H,14,15). The minimum absolute atomic E-state index is 0.0329. The molecule has 84 valence electrons. The van der Waals surface area contributed by atoms with Crippen LogP contribution >= 0.6 is 22.9 Å². The van der Waals surface area contributed by atoms with E-state index < -0.39 is 0 Å². The molecule has 2 rings (SSSR count). The highest BCUT2D eigenvalue weighted by Crippen LogP contribution is 2.32. The van der Waals surface area contributed by atoms with Crippen molar-refractivity contribution in [3.05, 3.63) is 16.9 Å². The Labute approximate surface area is 102 Å². The van der Waals surface area contributed by atoms with Crippen molar-refractivity contribution in [3.63, 3.8) is 0 Å². The molecule has 2 aromatic heterocycles. The molecule has 1 N–H and O–H groups in total. The summed E-state index contributed by atoms with van der Waals surface area (Å²) in [5.74, 6) is -0.0957. The third-order valence-corrected chi connectivity index (χ3v) is 3.47. The van der Waals surface area contributed by atoms with E-state index in [0.29, 0.717) is 16.4 Å². The number of hydrogen-bond acceptors (Lipinski definition) is 4. The van der Waals surface area contributed by atoms with Crippen LogP contribution in [0.15, 0.2) is 11.7 Å². The molecular formula is C10H10ClN3OS. The Balaban J connectivity index is 2.39. The van der Waals surface area contributed by atoms with Crippen LogP contribution < -0.4 is 5.32 Å². The zero-order valence-electron chi connectivity index (χ0n) is 8.82. The lowest BCUT2D eigenvalue weighted by Crippen LogP contribution is -2.17. The first-order chi connectivity index (χ1) is 7.59. The normalized spacial score (nSPS) is 11.0. The van der Waals surface area contributed by atoms with Gasteiger partial charge >= 0.3 is 0 Å². The SMILES string of the molecule is CC(C)C(=O)Nc1csc2c(Cl)ncnc12. The first-order valence-corrected chi connectivity index (χ1v) is 6.04. The van der Waals surface area contributed by atoms with E-state index in [1.807, 2.05) is 19.2 Å². The Morgan fingerprint density at radius 2 is 2.25 bits per heavy atom. The number of rotatable bonds is 2. The molecule has 0 aliphatic carbocycles. The molecule has 0 unspecified atom stereocenters. The van der Waals surface area contributed by atoms with Gasteiger partial charge in [-0.3, -0.25) is 4.79 Å². The van der Waals surface area contributed by atoms with Gasteiger partial charge < -0.3 is 5.32 Å². The van der Waals surface area contributed by atoms with Gasteiger partial charge in [0.2, 0.25) is 5.91 Å². The lowest BCUT2D eigenvalue weighted by Gasteiger charge is -2.05. The number of amides is 1. The van der Waals surface area contributed by atoms with Gasteiger partial charge in [-0.2, -0.15) is 0 Å². The van der Waals surface area contributed by atoms with E-state index in [2.05, 4.69) is 15.3 Å². The first-order valence-electron chi connectivity index (χ1n) is 4.78. The summed E-state index contributed by atoms with van der Waals surface area (Å²) in [6.45, 7) is 3.68. The molecule has 0 aromatic carbocycles. The van der Waals surface area contributed by atoms with Gasteiger partial charge in [-0.05, 0) is 0 Å². The summed E-state index contributed by atoms with van der Waals surface area (Å²) in [5, 5.41) is 5.06. The maximum Gasteiger partial charge on any atom is 0.227 e. The van der Waals surface area contributed by atoms with Gasteiger partial charge in [0.15, 0.2) is 0 Å². The average molecular weight is 256 g/mol. The van der Waals surface area contributed by atoms with E-state index in [4.69, 9.17) is 11.6 Å². The molecule has 6 heteroatoms. The van der Waals surface area contributed by atoms with Gasteiger partial charge in [-0.1, -0.05) is 25.4 Å².